The van der Waals surface area contributed by atoms with Crippen molar-refractivity contribution in [2.24, 2.45) is 5.92 Å². The number of piperazine rings is 1. The summed E-state index contributed by atoms with van der Waals surface area (Å²) >= 11 is 0. The van der Waals surface area contributed by atoms with Crippen molar-refractivity contribution in [2.45, 2.75) is 32.1 Å². The maximum absolute atomic E-state index is 12.7. The van der Waals surface area contributed by atoms with Gasteiger partial charge in [-0.2, -0.15) is 0 Å². The first kappa shape index (κ1) is 18.7. The average Bonchev–Trinajstić information content (AvgIpc) is 2.79. The molecule has 1 amide bonds. The third kappa shape index (κ3) is 3.96. The Hall–Kier alpha value is -2.63. The van der Waals surface area contributed by atoms with Gasteiger partial charge in [-0.25, -0.2) is 0 Å². The number of para-hydroxylation sites is 1. The third-order valence-corrected chi connectivity index (χ3v) is 5.90. The van der Waals surface area contributed by atoms with E-state index in [4.69, 9.17) is 4.74 Å². The summed E-state index contributed by atoms with van der Waals surface area (Å²) in [6.07, 6.45) is 5.81. The summed E-state index contributed by atoms with van der Waals surface area (Å²) in [5, 5.41) is 8.84. The largest absolute Gasteiger partial charge is 0.496 e. The number of benzene rings is 1. The molecule has 2 aromatic rings. The first-order valence-corrected chi connectivity index (χ1v) is 10.3. The fourth-order valence-electron chi connectivity index (χ4n) is 4.26. The number of nitrogens with zero attached hydrogens (tertiary/aromatic N) is 4. The van der Waals surface area contributed by atoms with E-state index in [2.05, 4.69) is 15.1 Å². The standard InChI is InChI=1S/C22H28N4O2/c1-28-20-10-6-5-9-18(20)19-11-12-21(24-23-19)25-13-15-26(16-14-25)22(27)17-7-3-2-4-8-17/h5-6,9-12,17H,2-4,7-8,13-16H2,1H3. The number of hydrogen-bond acceptors (Lipinski definition) is 5. The lowest BCUT2D eigenvalue weighted by Gasteiger charge is -2.37. The van der Waals surface area contributed by atoms with Gasteiger partial charge in [0.2, 0.25) is 5.91 Å². The summed E-state index contributed by atoms with van der Waals surface area (Å²) in [4.78, 5) is 17.0. The summed E-state index contributed by atoms with van der Waals surface area (Å²) < 4.78 is 5.41. The van der Waals surface area contributed by atoms with Crippen LogP contribution in [-0.2, 0) is 4.79 Å². The minimum Gasteiger partial charge on any atom is -0.496 e. The predicted molar refractivity (Wildman–Crippen MR) is 109 cm³/mol. The SMILES string of the molecule is COc1ccccc1-c1ccc(N2CCN(C(=O)C3CCCCC3)CC2)nn1. The Kier molecular flexibility index (Phi) is 5.74. The molecule has 148 valence electrons. The quantitative estimate of drug-likeness (QED) is 0.814. The van der Waals surface area contributed by atoms with Crippen molar-refractivity contribution in [2.75, 3.05) is 38.2 Å². The minimum atomic E-state index is 0.250. The van der Waals surface area contributed by atoms with Crippen LogP contribution in [0.15, 0.2) is 36.4 Å². The lowest BCUT2D eigenvalue weighted by molar-refractivity contribution is -0.136. The maximum Gasteiger partial charge on any atom is 0.225 e. The highest BCUT2D eigenvalue weighted by Crippen LogP contribution is 2.29. The molecule has 0 spiro atoms. The molecule has 0 N–H and O–H groups in total. The van der Waals surface area contributed by atoms with Crippen LogP contribution in [0.3, 0.4) is 0 Å². The summed E-state index contributed by atoms with van der Waals surface area (Å²) in [7, 11) is 1.66. The average molecular weight is 380 g/mol. The van der Waals surface area contributed by atoms with Crippen molar-refractivity contribution in [1.82, 2.24) is 15.1 Å². The zero-order chi connectivity index (χ0) is 19.3. The first-order chi connectivity index (χ1) is 13.8. The van der Waals surface area contributed by atoms with Crippen molar-refractivity contribution >= 4 is 11.7 Å². The summed E-state index contributed by atoms with van der Waals surface area (Å²) in [5.41, 5.74) is 1.74. The van der Waals surface area contributed by atoms with E-state index in [9.17, 15) is 4.79 Å². The highest BCUT2D eigenvalue weighted by atomic mass is 16.5. The van der Waals surface area contributed by atoms with Crippen LogP contribution in [0.5, 0.6) is 5.75 Å². The van der Waals surface area contributed by atoms with Crippen LogP contribution in [0.2, 0.25) is 0 Å². The molecule has 2 heterocycles. The maximum atomic E-state index is 12.7. The molecule has 4 rings (SSSR count). The zero-order valence-electron chi connectivity index (χ0n) is 16.5. The molecular weight excluding hydrogens is 352 g/mol. The second-order valence-corrected chi connectivity index (χ2v) is 7.62. The number of amides is 1. The Morgan fingerprint density at radius 1 is 0.964 bits per heavy atom. The van der Waals surface area contributed by atoms with Gasteiger partial charge in [-0.1, -0.05) is 31.4 Å². The Bertz CT molecular complexity index is 794. The molecule has 2 fully saturated rings. The number of ether oxygens (including phenoxy) is 1. The van der Waals surface area contributed by atoms with Gasteiger partial charge < -0.3 is 14.5 Å². The Morgan fingerprint density at radius 3 is 2.39 bits per heavy atom. The number of hydrogen-bond donors (Lipinski definition) is 0. The van der Waals surface area contributed by atoms with Crippen molar-refractivity contribution in [1.29, 1.82) is 0 Å². The Labute approximate surface area is 166 Å². The number of methoxy groups -OCH3 is 1. The molecule has 1 aromatic carbocycles. The first-order valence-electron chi connectivity index (χ1n) is 10.3. The molecular formula is C22H28N4O2. The van der Waals surface area contributed by atoms with Gasteiger partial charge in [-0.05, 0) is 37.1 Å². The van der Waals surface area contributed by atoms with Gasteiger partial charge >= 0.3 is 0 Å². The van der Waals surface area contributed by atoms with Gasteiger partial charge in [-0.15, -0.1) is 10.2 Å². The van der Waals surface area contributed by atoms with Gasteiger partial charge in [0.05, 0.1) is 12.8 Å². The van der Waals surface area contributed by atoms with Gasteiger partial charge in [-0.3, -0.25) is 4.79 Å². The Balaban J connectivity index is 1.38. The molecule has 28 heavy (non-hydrogen) atoms. The van der Waals surface area contributed by atoms with E-state index < -0.39 is 0 Å². The van der Waals surface area contributed by atoms with Crippen LogP contribution in [0.25, 0.3) is 11.3 Å². The molecule has 1 aliphatic carbocycles. The van der Waals surface area contributed by atoms with E-state index in [1.807, 2.05) is 41.3 Å². The highest BCUT2D eigenvalue weighted by molar-refractivity contribution is 5.79. The second-order valence-electron chi connectivity index (χ2n) is 7.62. The van der Waals surface area contributed by atoms with Crippen molar-refractivity contribution in [3.63, 3.8) is 0 Å². The van der Waals surface area contributed by atoms with E-state index in [1.165, 1.54) is 19.3 Å². The molecule has 0 unspecified atom stereocenters. The van der Waals surface area contributed by atoms with E-state index in [0.717, 1.165) is 61.8 Å². The van der Waals surface area contributed by atoms with E-state index in [-0.39, 0.29) is 5.92 Å². The lowest BCUT2D eigenvalue weighted by atomic mass is 9.88. The number of carbonyl (C=O) groups excluding carboxylic acids is 1. The van der Waals surface area contributed by atoms with Gasteiger partial charge in [0.1, 0.15) is 5.75 Å². The van der Waals surface area contributed by atoms with Gasteiger partial charge in [0.25, 0.3) is 0 Å². The van der Waals surface area contributed by atoms with Crippen molar-refractivity contribution in [3.05, 3.63) is 36.4 Å². The molecule has 0 atom stereocenters. The normalized spacial score (nSPS) is 18.2. The number of carbonyl (C=O) groups is 1. The molecule has 1 saturated carbocycles. The summed E-state index contributed by atoms with van der Waals surface area (Å²) in [6.45, 7) is 3.15. The van der Waals surface area contributed by atoms with Gasteiger partial charge in [0.15, 0.2) is 5.82 Å². The zero-order valence-corrected chi connectivity index (χ0v) is 16.5. The topological polar surface area (TPSA) is 58.6 Å². The van der Waals surface area contributed by atoms with Crippen LogP contribution in [-0.4, -0.2) is 54.3 Å². The van der Waals surface area contributed by atoms with Crippen LogP contribution in [0, 0.1) is 5.92 Å². The van der Waals surface area contributed by atoms with Crippen LogP contribution >= 0.6 is 0 Å². The molecule has 1 aromatic heterocycles. The fraction of sp³-hybridized carbons (Fsp3) is 0.500. The molecule has 0 bridgehead atoms. The lowest BCUT2D eigenvalue weighted by Crippen LogP contribution is -2.50. The monoisotopic (exact) mass is 380 g/mol. The van der Waals surface area contributed by atoms with Crippen LogP contribution in [0.1, 0.15) is 32.1 Å². The van der Waals surface area contributed by atoms with Gasteiger partial charge in [0, 0.05) is 37.7 Å². The molecule has 1 aliphatic heterocycles. The van der Waals surface area contributed by atoms with E-state index in [1.54, 1.807) is 7.11 Å². The fourth-order valence-corrected chi connectivity index (χ4v) is 4.26. The molecule has 6 heteroatoms. The number of rotatable bonds is 4. The predicted octanol–water partition coefficient (Wildman–Crippen LogP) is 3.38. The minimum absolute atomic E-state index is 0.250. The molecule has 6 nitrogen and oxygen atoms in total. The van der Waals surface area contributed by atoms with Crippen LogP contribution in [0.4, 0.5) is 5.82 Å². The number of anilines is 1. The summed E-state index contributed by atoms with van der Waals surface area (Å²) in [6, 6.07) is 11.8. The second kappa shape index (κ2) is 8.59. The van der Waals surface area contributed by atoms with Crippen LogP contribution < -0.4 is 9.64 Å². The molecule has 1 saturated heterocycles. The van der Waals surface area contributed by atoms with Crippen molar-refractivity contribution < 1.29 is 9.53 Å². The van der Waals surface area contributed by atoms with E-state index >= 15 is 0 Å². The summed E-state index contributed by atoms with van der Waals surface area (Å²) in [5.74, 6) is 2.26. The smallest absolute Gasteiger partial charge is 0.225 e. The number of aromatic nitrogens is 2. The van der Waals surface area contributed by atoms with Crippen molar-refractivity contribution in [3.8, 4) is 17.0 Å². The molecule has 0 radical (unpaired) electrons. The highest BCUT2D eigenvalue weighted by Gasteiger charge is 2.28. The molecule has 2 aliphatic rings. The van der Waals surface area contributed by atoms with E-state index in [0.29, 0.717) is 5.91 Å². The third-order valence-electron chi connectivity index (χ3n) is 5.90. The Morgan fingerprint density at radius 2 is 1.71 bits per heavy atom.